The predicted octanol–water partition coefficient (Wildman–Crippen LogP) is 2.12. The quantitative estimate of drug-likeness (QED) is 0.835. The molecule has 1 saturated heterocycles. The SMILES string of the molecule is CC(OC(=O)CNC(=O)c1ccc2ccccc2c1)C(=O)N1CCCC1. The molecule has 136 valence electrons. The second kappa shape index (κ2) is 7.99. The summed E-state index contributed by atoms with van der Waals surface area (Å²) in [5, 5.41) is 4.53. The molecule has 26 heavy (non-hydrogen) atoms. The third kappa shape index (κ3) is 4.20. The van der Waals surface area contributed by atoms with Crippen molar-refractivity contribution in [3.05, 3.63) is 48.0 Å². The highest BCUT2D eigenvalue weighted by Crippen LogP contribution is 2.15. The smallest absolute Gasteiger partial charge is 0.326 e. The Bertz CT molecular complexity index is 827. The predicted molar refractivity (Wildman–Crippen MR) is 97.6 cm³/mol. The topological polar surface area (TPSA) is 75.7 Å². The van der Waals surface area contributed by atoms with Crippen LogP contribution in [-0.4, -0.2) is 48.4 Å². The lowest BCUT2D eigenvalue weighted by atomic mass is 10.1. The minimum atomic E-state index is -0.835. The minimum absolute atomic E-state index is 0.184. The van der Waals surface area contributed by atoms with E-state index in [-0.39, 0.29) is 18.4 Å². The van der Waals surface area contributed by atoms with Crippen LogP contribution in [0.4, 0.5) is 0 Å². The van der Waals surface area contributed by atoms with Gasteiger partial charge in [-0.25, -0.2) is 0 Å². The van der Waals surface area contributed by atoms with Gasteiger partial charge in [-0.1, -0.05) is 30.3 Å². The molecule has 1 N–H and O–H groups in total. The van der Waals surface area contributed by atoms with Crippen LogP contribution in [0.1, 0.15) is 30.1 Å². The lowest BCUT2D eigenvalue weighted by molar-refractivity contribution is -0.157. The molecule has 6 nitrogen and oxygen atoms in total. The highest BCUT2D eigenvalue weighted by molar-refractivity contribution is 5.99. The first-order valence-electron chi connectivity index (χ1n) is 8.80. The maximum Gasteiger partial charge on any atom is 0.326 e. The number of benzene rings is 2. The van der Waals surface area contributed by atoms with Crippen LogP contribution in [-0.2, 0) is 14.3 Å². The fourth-order valence-corrected chi connectivity index (χ4v) is 3.07. The molecule has 2 aromatic carbocycles. The second-order valence-electron chi connectivity index (χ2n) is 6.41. The van der Waals surface area contributed by atoms with E-state index < -0.39 is 12.1 Å². The third-order valence-corrected chi connectivity index (χ3v) is 4.48. The Kier molecular flexibility index (Phi) is 5.51. The molecule has 1 aliphatic heterocycles. The van der Waals surface area contributed by atoms with Crippen LogP contribution >= 0.6 is 0 Å². The number of esters is 1. The number of carbonyl (C=O) groups is 3. The number of nitrogens with zero attached hydrogens (tertiary/aromatic N) is 1. The summed E-state index contributed by atoms with van der Waals surface area (Å²) < 4.78 is 5.14. The number of rotatable bonds is 5. The van der Waals surface area contributed by atoms with Crippen molar-refractivity contribution in [3.8, 4) is 0 Å². The lowest BCUT2D eigenvalue weighted by Gasteiger charge is -2.20. The number of likely N-dealkylation sites (tertiary alicyclic amines) is 1. The van der Waals surface area contributed by atoms with Crippen LogP contribution < -0.4 is 5.32 Å². The van der Waals surface area contributed by atoms with Gasteiger partial charge in [0, 0.05) is 18.7 Å². The average molecular weight is 354 g/mol. The molecule has 2 aromatic rings. The molecular formula is C20H22N2O4. The third-order valence-electron chi connectivity index (χ3n) is 4.48. The molecule has 0 aromatic heterocycles. The first-order chi connectivity index (χ1) is 12.5. The Morgan fingerprint density at radius 3 is 2.50 bits per heavy atom. The summed E-state index contributed by atoms with van der Waals surface area (Å²) >= 11 is 0. The molecule has 0 bridgehead atoms. The van der Waals surface area contributed by atoms with E-state index in [4.69, 9.17) is 4.74 Å². The number of fused-ring (bicyclic) bond motifs is 1. The van der Waals surface area contributed by atoms with E-state index in [1.165, 1.54) is 0 Å². The Labute approximate surface area is 152 Å². The number of nitrogens with one attached hydrogen (secondary N) is 1. The molecule has 1 unspecified atom stereocenters. The normalized spacial score (nSPS) is 14.9. The Hall–Kier alpha value is -2.89. The molecule has 0 spiro atoms. The van der Waals surface area contributed by atoms with E-state index >= 15 is 0 Å². The van der Waals surface area contributed by atoms with Crippen molar-refractivity contribution >= 4 is 28.6 Å². The number of amides is 2. The van der Waals surface area contributed by atoms with Gasteiger partial charge < -0.3 is 15.0 Å². The van der Waals surface area contributed by atoms with Gasteiger partial charge in [-0.05, 0) is 42.7 Å². The van der Waals surface area contributed by atoms with Gasteiger partial charge in [-0.3, -0.25) is 14.4 Å². The molecule has 0 aliphatic carbocycles. The molecule has 1 fully saturated rings. The van der Waals surface area contributed by atoms with Crippen molar-refractivity contribution in [1.29, 1.82) is 0 Å². The Morgan fingerprint density at radius 2 is 1.77 bits per heavy atom. The molecule has 3 rings (SSSR count). The zero-order valence-corrected chi connectivity index (χ0v) is 14.7. The van der Waals surface area contributed by atoms with Crippen LogP contribution in [0.25, 0.3) is 10.8 Å². The Morgan fingerprint density at radius 1 is 1.08 bits per heavy atom. The van der Waals surface area contributed by atoms with Crippen molar-refractivity contribution < 1.29 is 19.1 Å². The molecule has 1 heterocycles. The summed E-state index contributed by atoms with van der Waals surface area (Å²) in [5.41, 5.74) is 0.470. The van der Waals surface area contributed by atoms with Crippen LogP contribution in [0.2, 0.25) is 0 Å². The zero-order chi connectivity index (χ0) is 18.5. The molecular weight excluding hydrogens is 332 g/mol. The summed E-state index contributed by atoms with van der Waals surface area (Å²) in [5.74, 6) is -1.16. The standard InChI is InChI=1S/C20H22N2O4/c1-14(20(25)22-10-4-5-11-22)26-18(23)13-21-19(24)17-9-8-15-6-2-3-7-16(15)12-17/h2-3,6-9,12,14H,4-5,10-11,13H2,1H3,(H,21,24). The maximum atomic E-state index is 12.2. The van der Waals surface area contributed by atoms with E-state index in [2.05, 4.69) is 5.32 Å². The molecule has 1 atom stereocenters. The fourth-order valence-electron chi connectivity index (χ4n) is 3.07. The highest BCUT2D eigenvalue weighted by atomic mass is 16.5. The molecule has 0 radical (unpaired) electrons. The van der Waals surface area contributed by atoms with Gasteiger partial charge in [0.2, 0.25) is 0 Å². The van der Waals surface area contributed by atoms with Crippen molar-refractivity contribution in [2.75, 3.05) is 19.6 Å². The summed E-state index contributed by atoms with van der Waals surface area (Å²) in [4.78, 5) is 38.0. The summed E-state index contributed by atoms with van der Waals surface area (Å²) in [6.07, 6.45) is 1.13. The summed E-state index contributed by atoms with van der Waals surface area (Å²) in [6.45, 7) is 2.70. The van der Waals surface area contributed by atoms with E-state index in [1.807, 2.05) is 30.3 Å². The van der Waals surface area contributed by atoms with E-state index in [9.17, 15) is 14.4 Å². The van der Waals surface area contributed by atoms with Crippen molar-refractivity contribution in [2.45, 2.75) is 25.9 Å². The summed E-state index contributed by atoms with van der Waals surface area (Å²) in [7, 11) is 0. The molecule has 2 amide bonds. The van der Waals surface area contributed by atoms with Crippen molar-refractivity contribution in [3.63, 3.8) is 0 Å². The van der Waals surface area contributed by atoms with Gasteiger partial charge in [-0.2, -0.15) is 0 Å². The van der Waals surface area contributed by atoms with Gasteiger partial charge in [0.15, 0.2) is 6.10 Å². The first kappa shape index (κ1) is 17.9. The van der Waals surface area contributed by atoms with E-state index in [0.717, 1.165) is 23.6 Å². The molecule has 6 heteroatoms. The van der Waals surface area contributed by atoms with Gasteiger partial charge in [0.05, 0.1) is 0 Å². The monoisotopic (exact) mass is 354 g/mol. The number of hydrogen-bond donors (Lipinski definition) is 1. The summed E-state index contributed by atoms with van der Waals surface area (Å²) in [6, 6.07) is 13.1. The maximum absolute atomic E-state index is 12.2. The number of hydrogen-bond acceptors (Lipinski definition) is 4. The zero-order valence-electron chi connectivity index (χ0n) is 14.7. The minimum Gasteiger partial charge on any atom is -0.451 e. The van der Waals surface area contributed by atoms with Gasteiger partial charge in [0.25, 0.3) is 11.8 Å². The van der Waals surface area contributed by atoms with Gasteiger partial charge in [-0.15, -0.1) is 0 Å². The number of carbonyl (C=O) groups excluding carboxylic acids is 3. The van der Waals surface area contributed by atoms with E-state index in [1.54, 1.807) is 24.0 Å². The Balaban J connectivity index is 1.51. The first-order valence-corrected chi connectivity index (χ1v) is 8.80. The van der Waals surface area contributed by atoms with E-state index in [0.29, 0.717) is 18.7 Å². The molecule has 1 aliphatic rings. The van der Waals surface area contributed by atoms with Crippen molar-refractivity contribution in [2.24, 2.45) is 0 Å². The average Bonchev–Trinajstić information content (AvgIpc) is 3.19. The van der Waals surface area contributed by atoms with Gasteiger partial charge in [0.1, 0.15) is 6.54 Å². The highest BCUT2D eigenvalue weighted by Gasteiger charge is 2.25. The second-order valence-corrected chi connectivity index (χ2v) is 6.41. The molecule has 0 saturated carbocycles. The van der Waals surface area contributed by atoms with Crippen LogP contribution in [0, 0.1) is 0 Å². The van der Waals surface area contributed by atoms with Crippen LogP contribution in [0.15, 0.2) is 42.5 Å². The van der Waals surface area contributed by atoms with Crippen molar-refractivity contribution in [1.82, 2.24) is 10.2 Å². The largest absolute Gasteiger partial charge is 0.451 e. The van der Waals surface area contributed by atoms with Crippen LogP contribution in [0.5, 0.6) is 0 Å². The van der Waals surface area contributed by atoms with Gasteiger partial charge >= 0.3 is 5.97 Å². The fraction of sp³-hybridized carbons (Fsp3) is 0.350. The lowest BCUT2D eigenvalue weighted by Crippen LogP contribution is -2.40. The van der Waals surface area contributed by atoms with Crippen LogP contribution in [0.3, 0.4) is 0 Å². The number of ether oxygens (including phenoxy) is 1.